The fourth-order valence-corrected chi connectivity index (χ4v) is 3.40. The quantitative estimate of drug-likeness (QED) is 0.449. The monoisotopic (exact) mass is 491 g/mol. The highest BCUT2D eigenvalue weighted by Crippen LogP contribution is 2.36. The summed E-state index contributed by atoms with van der Waals surface area (Å²) >= 11 is 9.90. The predicted molar refractivity (Wildman–Crippen MR) is 103 cm³/mol. The molecule has 0 bridgehead atoms. The van der Waals surface area contributed by atoms with Gasteiger partial charge in [0.15, 0.2) is 0 Å². The van der Waals surface area contributed by atoms with E-state index in [4.69, 9.17) is 16.0 Å². The number of thioether (sulfide) groups is 1. The molecule has 0 aliphatic rings. The molecule has 0 aliphatic heterocycles. The summed E-state index contributed by atoms with van der Waals surface area (Å²) in [5, 5.41) is 9.87. The molecule has 2 aromatic carbocycles. The minimum absolute atomic E-state index is 0.0123. The van der Waals surface area contributed by atoms with Crippen LogP contribution in [0.2, 0.25) is 5.02 Å². The van der Waals surface area contributed by atoms with Gasteiger partial charge in [0.05, 0.1) is 21.9 Å². The number of benzene rings is 2. The first-order valence-corrected chi connectivity index (χ1v) is 9.77. The molecule has 1 N–H and O–H groups in total. The molecule has 0 atom stereocenters. The summed E-state index contributed by atoms with van der Waals surface area (Å²) < 4.78 is 44.9. The maximum atomic E-state index is 12.9. The smallest absolute Gasteiger partial charge is 0.411 e. The van der Waals surface area contributed by atoms with Crippen molar-refractivity contribution in [3.63, 3.8) is 0 Å². The van der Waals surface area contributed by atoms with Gasteiger partial charge in [0.25, 0.3) is 5.22 Å². The first kappa shape index (κ1) is 20.7. The first-order valence-electron chi connectivity index (χ1n) is 7.62. The lowest BCUT2D eigenvalue weighted by atomic mass is 10.2. The van der Waals surface area contributed by atoms with E-state index in [-0.39, 0.29) is 22.6 Å². The fraction of sp³-hybridized carbons (Fsp3) is 0.118. The third kappa shape index (κ3) is 5.06. The molecule has 28 heavy (non-hydrogen) atoms. The Hall–Kier alpha value is -2.04. The van der Waals surface area contributed by atoms with E-state index in [1.807, 2.05) is 18.2 Å². The van der Waals surface area contributed by atoms with Crippen LogP contribution in [0.3, 0.4) is 0 Å². The van der Waals surface area contributed by atoms with Crippen LogP contribution in [-0.4, -0.2) is 21.9 Å². The highest BCUT2D eigenvalue weighted by molar-refractivity contribution is 9.10. The number of hydrogen-bond donors (Lipinski definition) is 1. The molecule has 3 rings (SSSR count). The topological polar surface area (TPSA) is 68.0 Å². The molecule has 0 radical (unpaired) electrons. The van der Waals surface area contributed by atoms with E-state index < -0.39 is 22.7 Å². The molecule has 5 nitrogen and oxygen atoms in total. The Morgan fingerprint density at radius 1 is 1.21 bits per heavy atom. The zero-order valence-electron chi connectivity index (χ0n) is 13.8. The molecule has 1 heterocycles. The van der Waals surface area contributed by atoms with Gasteiger partial charge in [0.2, 0.25) is 11.8 Å². The highest BCUT2D eigenvalue weighted by atomic mass is 79.9. The molecule has 1 amide bonds. The molecule has 0 aliphatic carbocycles. The van der Waals surface area contributed by atoms with Crippen LogP contribution in [0.5, 0.6) is 0 Å². The standard InChI is InChI=1S/C17H10BrClF3N3O2S/c18-12-4-2-1-3-10(12)15-24-25-16(27-15)28-8-14(26)23-9-5-6-13(19)11(7-9)17(20,21)22/h1-7H,8H2,(H,23,26). The first-order chi connectivity index (χ1) is 13.2. The van der Waals surface area contributed by atoms with Crippen LogP contribution in [0.1, 0.15) is 5.56 Å². The molecule has 1 aromatic heterocycles. The molecular formula is C17H10BrClF3N3O2S. The Balaban J connectivity index is 1.62. The second-order valence-electron chi connectivity index (χ2n) is 5.38. The lowest BCUT2D eigenvalue weighted by molar-refractivity contribution is -0.137. The average molecular weight is 493 g/mol. The number of anilines is 1. The Kier molecular flexibility index (Phi) is 6.31. The lowest BCUT2D eigenvalue weighted by Gasteiger charge is -2.11. The summed E-state index contributed by atoms with van der Waals surface area (Å²) in [6.07, 6.45) is -4.61. The molecule has 0 saturated carbocycles. The summed E-state index contributed by atoms with van der Waals surface area (Å²) in [7, 11) is 0. The minimum atomic E-state index is -4.61. The Morgan fingerprint density at radius 3 is 2.68 bits per heavy atom. The summed E-state index contributed by atoms with van der Waals surface area (Å²) in [6, 6.07) is 10.4. The van der Waals surface area contributed by atoms with Gasteiger partial charge in [-0.15, -0.1) is 10.2 Å². The number of carbonyl (C=O) groups excluding carboxylic acids is 1. The SMILES string of the molecule is O=C(CSc1nnc(-c2ccccc2Br)o1)Nc1ccc(Cl)c(C(F)(F)F)c1. The van der Waals surface area contributed by atoms with Crippen molar-refractivity contribution in [3.8, 4) is 11.5 Å². The van der Waals surface area contributed by atoms with Crippen molar-refractivity contribution in [3.05, 3.63) is 57.5 Å². The molecule has 0 saturated heterocycles. The van der Waals surface area contributed by atoms with Crippen LogP contribution in [-0.2, 0) is 11.0 Å². The minimum Gasteiger partial charge on any atom is -0.411 e. The van der Waals surface area contributed by atoms with E-state index in [0.717, 1.165) is 28.4 Å². The second kappa shape index (κ2) is 8.54. The van der Waals surface area contributed by atoms with Crippen molar-refractivity contribution in [2.45, 2.75) is 11.4 Å². The number of alkyl halides is 3. The van der Waals surface area contributed by atoms with Gasteiger partial charge in [-0.05, 0) is 46.3 Å². The number of aromatic nitrogens is 2. The zero-order chi connectivity index (χ0) is 20.3. The van der Waals surface area contributed by atoms with Crippen LogP contribution in [0, 0.1) is 0 Å². The molecule has 0 unspecified atom stereocenters. The van der Waals surface area contributed by atoms with Gasteiger partial charge in [-0.3, -0.25) is 4.79 Å². The lowest BCUT2D eigenvalue weighted by Crippen LogP contribution is -2.15. The second-order valence-corrected chi connectivity index (χ2v) is 7.57. The third-order valence-electron chi connectivity index (χ3n) is 3.39. The van der Waals surface area contributed by atoms with Crippen LogP contribution < -0.4 is 5.32 Å². The number of nitrogens with one attached hydrogen (secondary N) is 1. The maximum absolute atomic E-state index is 12.9. The van der Waals surface area contributed by atoms with Crippen LogP contribution in [0.25, 0.3) is 11.5 Å². The maximum Gasteiger partial charge on any atom is 0.417 e. The van der Waals surface area contributed by atoms with E-state index in [1.165, 1.54) is 6.07 Å². The largest absolute Gasteiger partial charge is 0.417 e. The number of rotatable bonds is 5. The Labute approximate surface area is 174 Å². The Bertz CT molecular complexity index is 1010. The van der Waals surface area contributed by atoms with Crippen LogP contribution >= 0.6 is 39.3 Å². The molecule has 0 fully saturated rings. The summed E-state index contributed by atoms with van der Waals surface area (Å²) in [5.41, 5.74) is -0.330. The average Bonchev–Trinajstić information content (AvgIpc) is 3.10. The van der Waals surface area contributed by atoms with Crippen molar-refractivity contribution in [2.24, 2.45) is 0 Å². The molecule has 3 aromatic rings. The van der Waals surface area contributed by atoms with Gasteiger partial charge in [0.1, 0.15) is 0 Å². The van der Waals surface area contributed by atoms with Gasteiger partial charge in [-0.1, -0.05) is 35.5 Å². The number of hydrogen-bond acceptors (Lipinski definition) is 5. The molecular weight excluding hydrogens is 483 g/mol. The third-order valence-corrected chi connectivity index (χ3v) is 5.23. The predicted octanol–water partition coefficient (Wildman–Crippen LogP) is 5.90. The van der Waals surface area contributed by atoms with Crippen molar-refractivity contribution in [1.29, 1.82) is 0 Å². The van der Waals surface area contributed by atoms with Crippen molar-refractivity contribution in [1.82, 2.24) is 10.2 Å². The summed E-state index contributed by atoms with van der Waals surface area (Å²) in [4.78, 5) is 12.0. The van der Waals surface area contributed by atoms with Gasteiger partial charge in [-0.25, -0.2) is 0 Å². The van der Waals surface area contributed by atoms with Gasteiger partial charge < -0.3 is 9.73 Å². The van der Waals surface area contributed by atoms with E-state index in [1.54, 1.807) is 6.07 Å². The van der Waals surface area contributed by atoms with Crippen LogP contribution in [0.15, 0.2) is 56.6 Å². The molecule has 0 spiro atoms. The van der Waals surface area contributed by atoms with Crippen molar-refractivity contribution < 1.29 is 22.4 Å². The van der Waals surface area contributed by atoms with Gasteiger partial charge >= 0.3 is 6.18 Å². The van der Waals surface area contributed by atoms with E-state index in [9.17, 15) is 18.0 Å². The van der Waals surface area contributed by atoms with E-state index in [0.29, 0.717) is 5.56 Å². The normalized spacial score (nSPS) is 11.5. The number of nitrogens with zero attached hydrogens (tertiary/aromatic N) is 2. The summed E-state index contributed by atoms with van der Waals surface area (Å²) in [5.74, 6) is -0.370. The molecule has 146 valence electrons. The fourth-order valence-electron chi connectivity index (χ4n) is 2.16. The van der Waals surface area contributed by atoms with Gasteiger partial charge in [-0.2, -0.15) is 13.2 Å². The zero-order valence-corrected chi connectivity index (χ0v) is 16.9. The van der Waals surface area contributed by atoms with Crippen molar-refractivity contribution in [2.75, 3.05) is 11.1 Å². The van der Waals surface area contributed by atoms with Crippen LogP contribution in [0.4, 0.5) is 18.9 Å². The number of halogens is 5. The van der Waals surface area contributed by atoms with E-state index in [2.05, 4.69) is 31.4 Å². The number of amides is 1. The summed E-state index contributed by atoms with van der Waals surface area (Å²) in [6.45, 7) is 0. The number of carbonyl (C=O) groups is 1. The highest BCUT2D eigenvalue weighted by Gasteiger charge is 2.33. The van der Waals surface area contributed by atoms with Gasteiger partial charge in [0, 0.05) is 10.2 Å². The van der Waals surface area contributed by atoms with Crippen molar-refractivity contribution >= 4 is 50.9 Å². The molecule has 11 heteroatoms. The van der Waals surface area contributed by atoms with E-state index >= 15 is 0 Å². The Morgan fingerprint density at radius 2 is 1.96 bits per heavy atom.